The number of allylic oxidation sites excluding steroid dienone is 1. The van der Waals surface area contributed by atoms with Crippen LogP contribution in [0.2, 0.25) is 5.02 Å². The maximum absolute atomic E-state index is 13.4. The first-order valence-electron chi connectivity index (χ1n) is 10.3. The molecule has 0 spiro atoms. The number of carbonyl (C=O) groups is 1. The van der Waals surface area contributed by atoms with Crippen LogP contribution in [-0.2, 0) is 6.42 Å². The van der Waals surface area contributed by atoms with Crippen molar-refractivity contribution in [2.75, 3.05) is 37.6 Å². The van der Waals surface area contributed by atoms with Crippen LogP contribution in [-0.4, -0.2) is 60.9 Å². The number of anilines is 1. The Morgan fingerprint density at radius 2 is 1.80 bits per heavy atom. The van der Waals surface area contributed by atoms with Gasteiger partial charge in [0, 0.05) is 49.6 Å². The quantitative estimate of drug-likeness (QED) is 0.625. The maximum Gasteiger partial charge on any atom is 0.416 e. The van der Waals surface area contributed by atoms with Crippen molar-refractivity contribution in [2.24, 2.45) is 4.99 Å². The Balaban J connectivity index is 1.48. The van der Waals surface area contributed by atoms with Crippen LogP contribution in [0.15, 0.2) is 34.6 Å². The van der Waals surface area contributed by atoms with E-state index in [-0.39, 0.29) is 18.3 Å². The summed E-state index contributed by atoms with van der Waals surface area (Å²) in [7, 11) is 0. The average Bonchev–Trinajstić information content (AvgIpc) is 2.94. The van der Waals surface area contributed by atoms with Crippen LogP contribution in [0.3, 0.4) is 0 Å². The van der Waals surface area contributed by atoms with Gasteiger partial charge in [0.15, 0.2) is 0 Å². The molecule has 0 unspecified atom stereocenters. The molecule has 1 saturated heterocycles. The molecule has 1 aromatic carbocycles. The number of piperazine rings is 1. The molecule has 0 radical (unpaired) electrons. The molecular formula is C21H24ClF3N4O. The zero-order chi connectivity index (χ0) is 21.3. The molecule has 9 heteroatoms. The highest BCUT2D eigenvalue weighted by molar-refractivity contribution is 6.30. The van der Waals surface area contributed by atoms with Crippen LogP contribution in [0.1, 0.15) is 31.2 Å². The summed E-state index contributed by atoms with van der Waals surface area (Å²) in [5, 5.41) is 0.651. The smallest absolute Gasteiger partial charge is 0.353 e. The van der Waals surface area contributed by atoms with Gasteiger partial charge in [-0.05, 0) is 55.9 Å². The highest BCUT2D eigenvalue weighted by Crippen LogP contribution is 2.35. The number of halogens is 4. The Morgan fingerprint density at radius 1 is 1.03 bits per heavy atom. The molecule has 0 aliphatic carbocycles. The van der Waals surface area contributed by atoms with Crippen molar-refractivity contribution in [3.8, 4) is 0 Å². The summed E-state index contributed by atoms with van der Waals surface area (Å²) in [5.74, 6) is 0.00982. The van der Waals surface area contributed by atoms with Crippen molar-refractivity contribution in [1.82, 2.24) is 9.80 Å². The third kappa shape index (κ3) is 4.29. The Labute approximate surface area is 178 Å². The fourth-order valence-corrected chi connectivity index (χ4v) is 4.49. The summed E-state index contributed by atoms with van der Waals surface area (Å²) in [4.78, 5) is 22.4. The van der Waals surface area contributed by atoms with Gasteiger partial charge in [-0.3, -0.25) is 4.90 Å². The molecule has 2 amide bonds. The number of carbonyl (C=O) groups excluding carboxylic acids is 1. The number of hydrogen-bond donors (Lipinski definition) is 0. The monoisotopic (exact) mass is 440 g/mol. The van der Waals surface area contributed by atoms with Gasteiger partial charge in [-0.15, -0.1) is 0 Å². The van der Waals surface area contributed by atoms with Gasteiger partial charge in [-0.1, -0.05) is 11.6 Å². The van der Waals surface area contributed by atoms with E-state index in [9.17, 15) is 18.0 Å². The molecule has 162 valence electrons. The van der Waals surface area contributed by atoms with Gasteiger partial charge in [0.05, 0.1) is 5.57 Å². The lowest BCUT2D eigenvalue weighted by atomic mass is 10.1. The predicted molar refractivity (Wildman–Crippen MR) is 111 cm³/mol. The van der Waals surface area contributed by atoms with Gasteiger partial charge < -0.3 is 9.80 Å². The average molecular weight is 441 g/mol. The summed E-state index contributed by atoms with van der Waals surface area (Å²) in [6.07, 6.45) is 0.175. The largest absolute Gasteiger partial charge is 0.416 e. The third-order valence-electron chi connectivity index (χ3n) is 5.84. The normalized spacial score (nSPS) is 20.3. The van der Waals surface area contributed by atoms with Crippen molar-refractivity contribution in [3.63, 3.8) is 0 Å². The predicted octanol–water partition coefficient (Wildman–Crippen LogP) is 4.86. The van der Waals surface area contributed by atoms with Gasteiger partial charge in [-0.25, -0.2) is 9.79 Å². The van der Waals surface area contributed by atoms with E-state index in [1.165, 1.54) is 0 Å². The Kier molecular flexibility index (Phi) is 5.95. The fraction of sp³-hybridized carbons (Fsp3) is 0.524. The Hall–Kier alpha value is -2.22. The van der Waals surface area contributed by atoms with E-state index in [2.05, 4.69) is 4.99 Å². The SMILES string of the molecule is O=C(N1CCN(C2=C(C(F)(F)F)CCC=N2)CC1)N1CCCCc2cc(Cl)ccc21. The summed E-state index contributed by atoms with van der Waals surface area (Å²) in [6.45, 7) is 2.02. The number of amides is 2. The molecule has 0 bridgehead atoms. The van der Waals surface area contributed by atoms with Crippen LogP contribution in [0.4, 0.5) is 23.7 Å². The third-order valence-corrected chi connectivity index (χ3v) is 6.08. The molecule has 3 aliphatic rings. The summed E-state index contributed by atoms with van der Waals surface area (Å²) in [5.41, 5.74) is 1.37. The van der Waals surface area contributed by atoms with Crippen molar-refractivity contribution in [3.05, 3.63) is 40.2 Å². The topological polar surface area (TPSA) is 39.2 Å². The molecule has 0 saturated carbocycles. The number of aryl methyl sites for hydroxylation is 1. The van der Waals surface area contributed by atoms with Crippen molar-refractivity contribution in [1.29, 1.82) is 0 Å². The molecule has 3 aliphatic heterocycles. The molecule has 0 aromatic heterocycles. The summed E-state index contributed by atoms with van der Waals surface area (Å²) in [6, 6.07) is 5.48. The zero-order valence-electron chi connectivity index (χ0n) is 16.6. The summed E-state index contributed by atoms with van der Waals surface area (Å²) >= 11 is 6.12. The minimum absolute atomic E-state index is 0.00982. The fourth-order valence-electron chi connectivity index (χ4n) is 4.29. The number of aliphatic imine (C=N–C) groups is 1. The first-order chi connectivity index (χ1) is 14.3. The minimum Gasteiger partial charge on any atom is -0.353 e. The number of benzene rings is 1. The van der Waals surface area contributed by atoms with E-state index in [1.54, 1.807) is 27.0 Å². The number of hydrogen-bond acceptors (Lipinski definition) is 3. The van der Waals surface area contributed by atoms with Crippen LogP contribution >= 0.6 is 11.6 Å². The number of nitrogens with zero attached hydrogens (tertiary/aromatic N) is 4. The van der Waals surface area contributed by atoms with E-state index >= 15 is 0 Å². The minimum atomic E-state index is -4.38. The molecule has 0 N–H and O–H groups in total. The van der Waals surface area contributed by atoms with E-state index < -0.39 is 11.7 Å². The number of rotatable bonds is 1. The highest BCUT2D eigenvalue weighted by atomic mass is 35.5. The van der Waals surface area contributed by atoms with Crippen LogP contribution < -0.4 is 4.90 Å². The number of urea groups is 1. The highest BCUT2D eigenvalue weighted by Gasteiger charge is 2.39. The van der Waals surface area contributed by atoms with E-state index in [4.69, 9.17) is 11.6 Å². The zero-order valence-corrected chi connectivity index (χ0v) is 17.3. The first kappa shape index (κ1) is 21.0. The van der Waals surface area contributed by atoms with E-state index in [0.29, 0.717) is 44.2 Å². The van der Waals surface area contributed by atoms with E-state index in [1.807, 2.05) is 12.1 Å². The number of alkyl halides is 3. The lowest BCUT2D eigenvalue weighted by Gasteiger charge is -2.39. The Morgan fingerprint density at radius 3 is 2.53 bits per heavy atom. The molecule has 4 rings (SSSR count). The molecule has 3 heterocycles. The van der Waals surface area contributed by atoms with Gasteiger partial charge >= 0.3 is 12.2 Å². The van der Waals surface area contributed by atoms with Crippen molar-refractivity contribution in [2.45, 2.75) is 38.3 Å². The first-order valence-corrected chi connectivity index (χ1v) is 10.6. The van der Waals surface area contributed by atoms with Crippen LogP contribution in [0.25, 0.3) is 0 Å². The van der Waals surface area contributed by atoms with Crippen LogP contribution in [0.5, 0.6) is 0 Å². The molecule has 1 aromatic rings. The maximum atomic E-state index is 13.4. The second kappa shape index (κ2) is 8.49. The van der Waals surface area contributed by atoms with Gasteiger partial charge in [0.2, 0.25) is 0 Å². The lowest BCUT2D eigenvalue weighted by molar-refractivity contribution is -0.0965. The Bertz CT molecular complexity index is 875. The summed E-state index contributed by atoms with van der Waals surface area (Å²) < 4.78 is 40.1. The molecule has 5 nitrogen and oxygen atoms in total. The van der Waals surface area contributed by atoms with Crippen LogP contribution in [0, 0.1) is 0 Å². The van der Waals surface area contributed by atoms with E-state index in [0.717, 1.165) is 30.5 Å². The van der Waals surface area contributed by atoms with Gasteiger partial charge in [0.25, 0.3) is 0 Å². The molecular weight excluding hydrogens is 417 g/mol. The molecule has 0 atom stereocenters. The van der Waals surface area contributed by atoms with Gasteiger partial charge in [0.1, 0.15) is 5.82 Å². The lowest BCUT2D eigenvalue weighted by Crippen LogP contribution is -2.53. The second-order valence-corrected chi connectivity index (χ2v) is 8.23. The number of fused-ring (bicyclic) bond motifs is 1. The van der Waals surface area contributed by atoms with Crippen molar-refractivity contribution >= 4 is 29.5 Å². The standard InChI is InChI=1S/C21H24ClF3N4O/c22-16-6-7-18-15(14-16)4-1-2-9-29(18)20(30)28-12-10-27(11-13-28)19-17(21(23,24)25)5-3-8-26-19/h6-8,14H,1-5,9-13H2. The molecule has 30 heavy (non-hydrogen) atoms. The van der Waals surface area contributed by atoms with Gasteiger partial charge in [-0.2, -0.15) is 13.2 Å². The second-order valence-electron chi connectivity index (χ2n) is 7.79. The van der Waals surface area contributed by atoms with Crippen molar-refractivity contribution < 1.29 is 18.0 Å². The molecule has 1 fully saturated rings.